The van der Waals surface area contributed by atoms with Gasteiger partial charge in [0.25, 0.3) is 0 Å². The molecule has 5 heteroatoms. The lowest BCUT2D eigenvalue weighted by Crippen LogP contribution is -2.57. The van der Waals surface area contributed by atoms with Crippen LogP contribution in [0, 0.1) is 6.92 Å². The minimum atomic E-state index is -0.0526. The zero-order chi connectivity index (χ0) is 16.7. The number of hydrogen-bond acceptors (Lipinski definition) is 3. The molecule has 0 unspecified atom stereocenters. The van der Waals surface area contributed by atoms with Gasteiger partial charge in [-0.2, -0.15) is 5.10 Å². The van der Waals surface area contributed by atoms with Gasteiger partial charge in [-0.1, -0.05) is 24.3 Å². The van der Waals surface area contributed by atoms with E-state index in [0.29, 0.717) is 6.04 Å². The Balaban J connectivity index is 1.36. The van der Waals surface area contributed by atoms with Crippen LogP contribution in [-0.4, -0.2) is 51.2 Å². The maximum atomic E-state index is 12.9. The van der Waals surface area contributed by atoms with Gasteiger partial charge in [0.1, 0.15) is 0 Å². The summed E-state index contributed by atoms with van der Waals surface area (Å²) in [5.74, 6) is 0.250. The second-order valence-corrected chi connectivity index (χ2v) is 7.06. The number of benzene rings is 1. The summed E-state index contributed by atoms with van der Waals surface area (Å²) in [7, 11) is 0. The molecule has 1 saturated heterocycles. The molecule has 2 aliphatic heterocycles. The van der Waals surface area contributed by atoms with Gasteiger partial charge in [-0.05, 0) is 37.0 Å². The highest BCUT2D eigenvalue weighted by molar-refractivity contribution is 5.82. The maximum absolute atomic E-state index is 12.9. The van der Waals surface area contributed by atoms with Gasteiger partial charge >= 0.3 is 0 Å². The van der Waals surface area contributed by atoms with Gasteiger partial charge in [0.2, 0.25) is 5.91 Å². The molecule has 2 aromatic rings. The molecule has 1 aromatic carbocycles. The van der Waals surface area contributed by atoms with Crippen LogP contribution in [0.5, 0.6) is 0 Å². The van der Waals surface area contributed by atoms with Crippen molar-refractivity contribution >= 4 is 5.91 Å². The monoisotopic (exact) mass is 324 g/mol. The third kappa shape index (κ3) is 2.73. The predicted octanol–water partition coefficient (Wildman–Crippen LogP) is 2.02. The van der Waals surface area contributed by atoms with Crippen molar-refractivity contribution in [2.45, 2.75) is 38.9 Å². The SMILES string of the molecule is Cc1cnn(C2CN([C@H](C)C(=O)N3CCc4ccccc4C3)C2)c1. The van der Waals surface area contributed by atoms with Crippen molar-refractivity contribution in [1.29, 1.82) is 0 Å². The lowest BCUT2D eigenvalue weighted by Gasteiger charge is -2.44. The normalized spacial score (nSPS) is 19.7. The largest absolute Gasteiger partial charge is 0.337 e. The number of fused-ring (bicyclic) bond motifs is 1. The zero-order valence-corrected chi connectivity index (χ0v) is 14.4. The molecule has 0 bridgehead atoms. The van der Waals surface area contributed by atoms with Crippen molar-refractivity contribution < 1.29 is 4.79 Å². The number of aryl methyl sites for hydroxylation is 1. The predicted molar refractivity (Wildman–Crippen MR) is 92.6 cm³/mol. The number of carbonyl (C=O) groups is 1. The van der Waals surface area contributed by atoms with Crippen molar-refractivity contribution in [1.82, 2.24) is 19.6 Å². The van der Waals surface area contributed by atoms with Crippen LogP contribution in [0.3, 0.4) is 0 Å². The first kappa shape index (κ1) is 15.4. The van der Waals surface area contributed by atoms with Gasteiger partial charge in [-0.3, -0.25) is 14.4 Å². The number of likely N-dealkylation sites (tertiary alicyclic amines) is 1. The number of aromatic nitrogens is 2. The molecule has 0 saturated carbocycles. The topological polar surface area (TPSA) is 41.4 Å². The van der Waals surface area contributed by atoms with Crippen LogP contribution in [0.2, 0.25) is 0 Å². The maximum Gasteiger partial charge on any atom is 0.239 e. The number of nitrogens with zero attached hydrogens (tertiary/aromatic N) is 4. The first-order valence-corrected chi connectivity index (χ1v) is 8.72. The van der Waals surface area contributed by atoms with Crippen LogP contribution in [0.15, 0.2) is 36.7 Å². The summed E-state index contributed by atoms with van der Waals surface area (Å²) < 4.78 is 2.03. The van der Waals surface area contributed by atoms with Crippen molar-refractivity contribution in [3.8, 4) is 0 Å². The molecule has 0 spiro atoms. The molecule has 1 fully saturated rings. The Morgan fingerprint density at radius 2 is 2.00 bits per heavy atom. The number of rotatable bonds is 3. The molecule has 0 N–H and O–H groups in total. The van der Waals surface area contributed by atoms with E-state index in [2.05, 4.69) is 47.4 Å². The van der Waals surface area contributed by atoms with Crippen LogP contribution in [-0.2, 0) is 17.8 Å². The third-order valence-electron chi connectivity index (χ3n) is 5.34. The van der Waals surface area contributed by atoms with Gasteiger partial charge in [0.15, 0.2) is 0 Å². The van der Waals surface area contributed by atoms with Gasteiger partial charge in [-0.25, -0.2) is 0 Å². The molecule has 2 aliphatic rings. The van der Waals surface area contributed by atoms with Crippen LogP contribution in [0.4, 0.5) is 0 Å². The summed E-state index contributed by atoms with van der Waals surface area (Å²) in [6.45, 7) is 7.47. The number of amides is 1. The zero-order valence-electron chi connectivity index (χ0n) is 14.4. The first-order chi connectivity index (χ1) is 11.6. The second-order valence-electron chi connectivity index (χ2n) is 7.06. The fraction of sp³-hybridized carbons (Fsp3) is 0.474. The lowest BCUT2D eigenvalue weighted by atomic mass is 9.98. The average molecular weight is 324 g/mol. The molecule has 3 heterocycles. The highest BCUT2D eigenvalue weighted by Gasteiger charge is 2.37. The number of hydrogen-bond donors (Lipinski definition) is 0. The molecule has 1 atom stereocenters. The Bertz CT molecular complexity index is 747. The van der Waals surface area contributed by atoms with E-state index >= 15 is 0 Å². The van der Waals surface area contributed by atoms with Crippen molar-refractivity contribution in [2.24, 2.45) is 0 Å². The molecule has 0 aliphatic carbocycles. The standard InChI is InChI=1S/C19H24N4O/c1-14-9-20-23(10-14)18-12-22(13-18)15(2)19(24)21-8-7-16-5-3-4-6-17(16)11-21/h3-6,9-10,15,18H,7-8,11-13H2,1-2H3/t15-/m1/s1. The van der Waals surface area contributed by atoms with E-state index in [4.69, 9.17) is 0 Å². The summed E-state index contributed by atoms with van der Waals surface area (Å²) in [4.78, 5) is 17.1. The molecule has 4 rings (SSSR count). The lowest BCUT2D eigenvalue weighted by molar-refractivity contribution is -0.140. The molecular weight excluding hydrogens is 300 g/mol. The second kappa shape index (κ2) is 6.06. The third-order valence-corrected chi connectivity index (χ3v) is 5.34. The fourth-order valence-corrected chi connectivity index (χ4v) is 3.71. The quantitative estimate of drug-likeness (QED) is 0.867. The van der Waals surface area contributed by atoms with Crippen LogP contribution < -0.4 is 0 Å². The van der Waals surface area contributed by atoms with Crippen molar-refractivity contribution in [3.63, 3.8) is 0 Å². The molecule has 24 heavy (non-hydrogen) atoms. The van der Waals surface area contributed by atoms with Crippen molar-refractivity contribution in [2.75, 3.05) is 19.6 Å². The van der Waals surface area contributed by atoms with Crippen molar-refractivity contribution in [3.05, 3.63) is 53.3 Å². The minimum Gasteiger partial charge on any atom is -0.337 e. The smallest absolute Gasteiger partial charge is 0.239 e. The van der Waals surface area contributed by atoms with Gasteiger partial charge < -0.3 is 4.90 Å². The summed E-state index contributed by atoms with van der Waals surface area (Å²) >= 11 is 0. The summed E-state index contributed by atoms with van der Waals surface area (Å²) in [5.41, 5.74) is 3.86. The molecular formula is C19H24N4O. The van der Waals surface area contributed by atoms with Crippen LogP contribution in [0.25, 0.3) is 0 Å². The summed E-state index contributed by atoms with van der Waals surface area (Å²) in [6.07, 6.45) is 4.93. The Morgan fingerprint density at radius 3 is 2.71 bits per heavy atom. The van der Waals surface area contributed by atoms with E-state index in [1.54, 1.807) is 0 Å². The number of carbonyl (C=O) groups excluding carboxylic acids is 1. The Morgan fingerprint density at radius 1 is 1.25 bits per heavy atom. The van der Waals surface area contributed by atoms with E-state index in [0.717, 1.165) is 32.6 Å². The van der Waals surface area contributed by atoms with Gasteiger partial charge in [0, 0.05) is 32.4 Å². The van der Waals surface area contributed by atoms with E-state index in [9.17, 15) is 4.79 Å². The Hall–Kier alpha value is -2.14. The van der Waals surface area contributed by atoms with E-state index < -0.39 is 0 Å². The molecule has 5 nitrogen and oxygen atoms in total. The average Bonchev–Trinajstić information content (AvgIpc) is 2.98. The molecule has 126 valence electrons. The van der Waals surface area contributed by atoms with E-state index in [-0.39, 0.29) is 11.9 Å². The molecule has 1 amide bonds. The van der Waals surface area contributed by atoms with E-state index in [1.807, 2.05) is 22.7 Å². The molecule has 1 aromatic heterocycles. The molecule has 0 radical (unpaired) electrons. The Kier molecular flexibility index (Phi) is 3.88. The van der Waals surface area contributed by atoms with Gasteiger partial charge in [-0.15, -0.1) is 0 Å². The first-order valence-electron chi connectivity index (χ1n) is 8.72. The Labute approximate surface area is 142 Å². The van der Waals surface area contributed by atoms with Crippen LogP contribution >= 0.6 is 0 Å². The minimum absolute atomic E-state index is 0.0526. The highest BCUT2D eigenvalue weighted by atomic mass is 16.2. The summed E-state index contributed by atoms with van der Waals surface area (Å²) in [6, 6.07) is 8.80. The van der Waals surface area contributed by atoms with E-state index in [1.165, 1.54) is 16.7 Å². The fourth-order valence-electron chi connectivity index (χ4n) is 3.71. The van der Waals surface area contributed by atoms with Crippen LogP contribution in [0.1, 0.15) is 29.7 Å². The highest BCUT2D eigenvalue weighted by Crippen LogP contribution is 2.25. The van der Waals surface area contributed by atoms with Gasteiger partial charge in [0.05, 0.1) is 18.3 Å². The summed E-state index contributed by atoms with van der Waals surface area (Å²) in [5, 5.41) is 4.39.